The van der Waals surface area contributed by atoms with E-state index in [1.165, 1.54) is 6.42 Å². The highest BCUT2D eigenvalue weighted by Crippen LogP contribution is 2.30. The summed E-state index contributed by atoms with van der Waals surface area (Å²) in [6.45, 7) is 4.22. The molecule has 0 aromatic carbocycles. The van der Waals surface area contributed by atoms with Crippen LogP contribution in [0.1, 0.15) is 51.9 Å². The van der Waals surface area contributed by atoms with Crippen molar-refractivity contribution in [3.8, 4) is 0 Å². The molecule has 0 bridgehead atoms. The van der Waals surface area contributed by atoms with Crippen LogP contribution in [-0.4, -0.2) is 66.8 Å². The van der Waals surface area contributed by atoms with E-state index < -0.39 is 15.6 Å². The van der Waals surface area contributed by atoms with Crippen LogP contribution in [0, 0.1) is 0 Å². The Labute approximate surface area is 129 Å². The molecule has 0 unspecified atom stereocenters. The second-order valence-corrected chi connectivity index (χ2v) is 9.03. The number of piperidine rings is 1. The fourth-order valence-electron chi connectivity index (χ4n) is 3.66. The van der Waals surface area contributed by atoms with E-state index in [9.17, 15) is 13.5 Å². The number of rotatable bonds is 5. The fraction of sp³-hybridized carbons (Fsp3) is 1.00. The van der Waals surface area contributed by atoms with Crippen LogP contribution in [0.15, 0.2) is 0 Å². The molecule has 2 aliphatic rings. The number of likely N-dealkylation sites (tertiary alicyclic amines) is 1. The van der Waals surface area contributed by atoms with Gasteiger partial charge >= 0.3 is 0 Å². The van der Waals surface area contributed by atoms with E-state index in [2.05, 4.69) is 4.90 Å². The van der Waals surface area contributed by atoms with E-state index in [-0.39, 0.29) is 11.8 Å². The number of nitrogens with zero attached hydrogens (tertiary/aromatic N) is 2. The summed E-state index contributed by atoms with van der Waals surface area (Å²) in [5.41, 5.74) is -0.507. The molecule has 1 heterocycles. The van der Waals surface area contributed by atoms with Crippen LogP contribution in [-0.2, 0) is 10.0 Å². The predicted octanol–water partition coefficient (Wildman–Crippen LogP) is 1.43. The van der Waals surface area contributed by atoms with Crippen LogP contribution in [0.25, 0.3) is 0 Å². The highest BCUT2D eigenvalue weighted by atomic mass is 32.2. The number of hydrogen-bond donors (Lipinski definition) is 1. The third-order valence-electron chi connectivity index (χ3n) is 5.18. The zero-order valence-corrected chi connectivity index (χ0v) is 14.2. The summed E-state index contributed by atoms with van der Waals surface area (Å²) in [4.78, 5) is 2.31. The van der Waals surface area contributed by atoms with Gasteiger partial charge < -0.3 is 10.0 Å². The van der Waals surface area contributed by atoms with Crippen LogP contribution in [0.3, 0.4) is 0 Å². The minimum atomic E-state index is -3.09. The first kappa shape index (κ1) is 17.2. The van der Waals surface area contributed by atoms with Gasteiger partial charge in [-0.15, -0.1) is 0 Å². The largest absolute Gasteiger partial charge is 0.389 e. The van der Waals surface area contributed by atoms with Crippen molar-refractivity contribution in [3.05, 3.63) is 0 Å². The summed E-state index contributed by atoms with van der Waals surface area (Å²) in [5, 5.41) is 10.6. The van der Waals surface area contributed by atoms with Crippen molar-refractivity contribution in [2.24, 2.45) is 0 Å². The monoisotopic (exact) mass is 318 g/mol. The minimum absolute atomic E-state index is 0.118. The van der Waals surface area contributed by atoms with Crippen LogP contribution < -0.4 is 0 Å². The van der Waals surface area contributed by atoms with Gasteiger partial charge in [0.15, 0.2) is 0 Å². The summed E-state index contributed by atoms with van der Waals surface area (Å²) < 4.78 is 25.4. The SMILES string of the molecule is CCS(=O)(=O)N(C)C1CCN(CC2(O)CCCCC2)CC1. The van der Waals surface area contributed by atoms with Gasteiger partial charge in [-0.05, 0) is 45.7 Å². The smallest absolute Gasteiger partial charge is 0.213 e. The predicted molar refractivity (Wildman–Crippen MR) is 84.7 cm³/mol. The Morgan fingerprint density at radius 3 is 2.29 bits per heavy atom. The highest BCUT2D eigenvalue weighted by molar-refractivity contribution is 7.89. The van der Waals surface area contributed by atoms with Gasteiger partial charge in [0.25, 0.3) is 0 Å². The summed E-state index contributed by atoms with van der Waals surface area (Å²) in [6, 6.07) is 0.118. The number of aliphatic hydroxyl groups is 1. The van der Waals surface area contributed by atoms with Gasteiger partial charge in [-0.3, -0.25) is 0 Å². The molecule has 1 saturated carbocycles. The van der Waals surface area contributed by atoms with Crippen LogP contribution in [0.5, 0.6) is 0 Å². The third-order valence-corrected chi connectivity index (χ3v) is 7.08. The third kappa shape index (κ3) is 4.41. The molecule has 2 fully saturated rings. The second kappa shape index (κ2) is 6.94. The summed E-state index contributed by atoms with van der Waals surface area (Å²) >= 11 is 0. The van der Waals surface area contributed by atoms with Gasteiger partial charge in [-0.1, -0.05) is 19.3 Å². The Kier molecular flexibility index (Phi) is 5.68. The van der Waals surface area contributed by atoms with E-state index in [0.29, 0.717) is 0 Å². The average molecular weight is 318 g/mol. The van der Waals surface area contributed by atoms with Gasteiger partial charge in [0.1, 0.15) is 0 Å². The molecule has 1 aliphatic carbocycles. The second-order valence-electron chi connectivity index (χ2n) is 6.71. The van der Waals surface area contributed by atoms with Gasteiger partial charge in [-0.25, -0.2) is 12.7 Å². The molecule has 6 heteroatoms. The number of sulfonamides is 1. The van der Waals surface area contributed by atoms with Crippen molar-refractivity contribution in [1.29, 1.82) is 0 Å². The molecule has 0 spiro atoms. The first-order valence-corrected chi connectivity index (χ1v) is 9.88. The van der Waals surface area contributed by atoms with E-state index in [4.69, 9.17) is 0 Å². The Balaban J connectivity index is 1.83. The fourth-order valence-corrected chi connectivity index (χ4v) is 4.73. The maximum atomic E-state index is 11.9. The molecule has 0 atom stereocenters. The van der Waals surface area contributed by atoms with Crippen molar-refractivity contribution in [3.63, 3.8) is 0 Å². The van der Waals surface area contributed by atoms with Crippen LogP contribution in [0.2, 0.25) is 0 Å². The van der Waals surface area contributed by atoms with Gasteiger partial charge in [0, 0.05) is 19.6 Å². The molecule has 0 amide bonds. The molecule has 1 aliphatic heterocycles. The molecule has 5 nitrogen and oxygen atoms in total. The molecular weight excluding hydrogens is 288 g/mol. The summed E-state index contributed by atoms with van der Waals surface area (Å²) in [7, 11) is -1.39. The van der Waals surface area contributed by atoms with Gasteiger partial charge in [-0.2, -0.15) is 0 Å². The Morgan fingerprint density at radius 1 is 1.19 bits per heavy atom. The topological polar surface area (TPSA) is 60.9 Å². The molecule has 0 radical (unpaired) electrons. The minimum Gasteiger partial charge on any atom is -0.389 e. The maximum absolute atomic E-state index is 11.9. The lowest BCUT2D eigenvalue weighted by atomic mass is 9.84. The molecule has 21 heavy (non-hydrogen) atoms. The molecule has 1 N–H and O–H groups in total. The Bertz CT molecular complexity index is 424. The van der Waals surface area contributed by atoms with Crippen molar-refractivity contribution in [2.75, 3.05) is 32.4 Å². The zero-order chi connectivity index (χ0) is 15.5. The van der Waals surface area contributed by atoms with E-state index >= 15 is 0 Å². The molecule has 1 saturated heterocycles. The molecule has 0 aromatic rings. The summed E-state index contributed by atoms with van der Waals surface area (Å²) in [5.74, 6) is 0.170. The molecular formula is C15H30N2O3S. The first-order valence-electron chi connectivity index (χ1n) is 8.27. The molecule has 124 valence electrons. The summed E-state index contributed by atoms with van der Waals surface area (Å²) in [6.07, 6.45) is 7.06. The van der Waals surface area contributed by atoms with E-state index in [0.717, 1.165) is 58.2 Å². The average Bonchev–Trinajstić information content (AvgIpc) is 2.47. The maximum Gasteiger partial charge on any atom is 0.213 e. The first-order chi connectivity index (χ1) is 9.86. The molecule has 2 rings (SSSR count). The highest BCUT2D eigenvalue weighted by Gasteiger charge is 2.34. The van der Waals surface area contributed by atoms with E-state index in [1.807, 2.05) is 0 Å². The standard InChI is InChI=1S/C15H30N2O3S/c1-3-21(19,20)16(2)14-7-11-17(12-8-14)13-15(18)9-5-4-6-10-15/h14,18H,3-13H2,1-2H3. The van der Waals surface area contributed by atoms with Crippen LogP contribution in [0.4, 0.5) is 0 Å². The van der Waals surface area contributed by atoms with Crippen molar-refractivity contribution >= 4 is 10.0 Å². The van der Waals surface area contributed by atoms with Gasteiger partial charge in [0.2, 0.25) is 10.0 Å². The van der Waals surface area contributed by atoms with Gasteiger partial charge in [0.05, 0.1) is 11.4 Å². The van der Waals surface area contributed by atoms with E-state index in [1.54, 1.807) is 18.3 Å². The zero-order valence-electron chi connectivity index (χ0n) is 13.4. The van der Waals surface area contributed by atoms with Crippen molar-refractivity contribution < 1.29 is 13.5 Å². The quantitative estimate of drug-likeness (QED) is 0.833. The Morgan fingerprint density at radius 2 is 1.76 bits per heavy atom. The lowest BCUT2D eigenvalue weighted by molar-refractivity contribution is -0.0326. The number of β-amino-alcohol motifs (C(OH)–C–C–N with tert-alkyl or cyclic N) is 1. The lowest BCUT2D eigenvalue weighted by Crippen LogP contribution is -2.50. The lowest BCUT2D eigenvalue weighted by Gasteiger charge is -2.41. The number of hydrogen-bond acceptors (Lipinski definition) is 4. The normalized spacial score (nSPS) is 25.3. The van der Waals surface area contributed by atoms with Crippen molar-refractivity contribution in [1.82, 2.24) is 9.21 Å². The van der Waals surface area contributed by atoms with Crippen LogP contribution >= 0.6 is 0 Å². The molecule has 0 aromatic heterocycles. The Hall–Kier alpha value is -0.170. The van der Waals surface area contributed by atoms with Crippen molar-refractivity contribution in [2.45, 2.75) is 63.5 Å².